The van der Waals surface area contributed by atoms with E-state index in [4.69, 9.17) is 0 Å². The van der Waals surface area contributed by atoms with Gasteiger partial charge in [-0.15, -0.1) is 0 Å². The molecule has 16 heavy (non-hydrogen) atoms. The Kier molecular flexibility index (Phi) is 6.37. The van der Waals surface area contributed by atoms with E-state index >= 15 is 0 Å². The van der Waals surface area contributed by atoms with Gasteiger partial charge in [0, 0.05) is 18.6 Å². The third-order valence-electron chi connectivity index (χ3n) is 4.02. The summed E-state index contributed by atoms with van der Waals surface area (Å²) in [7, 11) is 0. The monoisotopic (exact) mass is 226 g/mol. The van der Waals surface area contributed by atoms with Gasteiger partial charge < -0.3 is 5.32 Å². The fourth-order valence-electron chi connectivity index (χ4n) is 2.85. The Balaban J connectivity index is 2.34. The van der Waals surface area contributed by atoms with Gasteiger partial charge in [0.25, 0.3) is 0 Å². The summed E-state index contributed by atoms with van der Waals surface area (Å²) in [6, 6.07) is 1.48. The van der Waals surface area contributed by atoms with Crippen molar-refractivity contribution >= 4 is 0 Å². The number of likely N-dealkylation sites (N-methyl/N-ethyl adjacent to an activating group) is 1. The molecule has 96 valence electrons. The zero-order valence-electron chi connectivity index (χ0n) is 11.6. The Labute approximate surface area is 102 Å². The maximum Gasteiger partial charge on any atom is 0.0220 e. The lowest BCUT2D eigenvalue weighted by atomic mass is 9.99. The molecule has 1 rings (SSSR count). The van der Waals surface area contributed by atoms with Crippen molar-refractivity contribution in [3.8, 4) is 0 Å². The lowest BCUT2D eigenvalue weighted by Gasteiger charge is -2.36. The molecular formula is C14H30N2. The number of hydrogen-bond donors (Lipinski definition) is 1. The second-order valence-corrected chi connectivity index (χ2v) is 5.45. The second-order valence-electron chi connectivity index (χ2n) is 5.45. The van der Waals surface area contributed by atoms with Gasteiger partial charge in [-0.2, -0.15) is 0 Å². The van der Waals surface area contributed by atoms with E-state index in [9.17, 15) is 0 Å². The topological polar surface area (TPSA) is 15.3 Å². The molecule has 1 heterocycles. The summed E-state index contributed by atoms with van der Waals surface area (Å²) in [6.45, 7) is 12.9. The van der Waals surface area contributed by atoms with E-state index < -0.39 is 0 Å². The summed E-state index contributed by atoms with van der Waals surface area (Å²) >= 11 is 0. The van der Waals surface area contributed by atoms with Crippen LogP contribution in [-0.4, -0.2) is 36.6 Å². The Morgan fingerprint density at radius 3 is 2.56 bits per heavy atom. The zero-order valence-corrected chi connectivity index (χ0v) is 11.6. The number of likely N-dealkylation sites (tertiary alicyclic amines) is 1. The molecule has 1 N–H and O–H groups in total. The molecule has 2 heteroatoms. The van der Waals surface area contributed by atoms with E-state index in [-0.39, 0.29) is 0 Å². The molecule has 1 aliphatic heterocycles. The van der Waals surface area contributed by atoms with Crippen molar-refractivity contribution in [2.24, 2.45) is 5.92 Å². The molecule has 0 aliphatic carbocycles. The highest BCUT2D eigenvalue weighted by atomic mass is 15.2. The van der Waals surface area contributed by atoms with Crippen LogP contribution in [0.1, 0.15) is 53.4 Å². The van der Waals surface area contributed by atoms with Gasteiger partial charge in [0.1, 0.15) is 0 Å². The van der Waals surface area contributed by atoms with Gasteiger partial charge in [0.05, 0.1) is 0 Å². The minimum absolute atomic E-state index is 0.695. The normalized spacial score (nSPS) is 24.9. The molecule has 0 saturated carbocycles. The standard InChI is InChI=1S/C14H30N2/c1-5-14(12(3)4)15-11-13-9-7-8-10-16(13)6-2/h12-15H,5-11H2,1-4H3. The van der Waals surface area contributed by atoms with Gasteiger partial charge >= 0.3 is 0 Å². The second kappa shape index (κ2) is 7.29. The first kappa shape index (κ1) is 14.0. The highest BCUT2D eigenvalue weighted by molar-refractivity contribution is 4.80. The van der Waals surface area contributed by atoms with E-state index in [2.05, 4.69) is 37.9 Å². The smallest absolute Gasteiger partial charge is 0.0220 e. The van der Waals surface area contributed by atoms with Crippen LogP contribution >= 0.6 is 0 Å². The summed E-state index contributed by atoms with van der Waals surface area (Å²) in [4.78, 5) is 2.64. The van der Waals surface area contributed by atoms with E-state index in [1.165, 1.54) is 45.3 Å². The van der Waals surface area contributed by atoms with Crippen molar-refractivity contribution in [1.82, 2.24) is 10.2 Å². The Morgan fingerprint density at radius 1 is 1.25 bits per heavy atom. The first-order chi connectivity index (χ1) is 7.69. The summed E-state index contributed by atoms with van der Waals surface area (Å²) in [5.74, 6) is 0.753. The van der Waals surface area contributed by atoms with Crippen LogP contribution in [0.15, 0.2) is 0 Å². The zero-order chi connectivity index (χ0) is 12.0. The lowest BCUT2D eigenvalue weighted by molar-refractivity contribution is 0.147. The highest BCUT2D eigenvalue weighted by Crippen LogP contribution is 2.16. The quantitative estimate of drug-likeness (QED) is 0.749. The average Bonchev–Trinajstić information content (AvgIpc) is 2.30. The molecule has 0 aromatic rings. The molecule has 0 amide bonds. The number of hydrogen-bond acceptors (Lipinski definition) is 2. The molecule has 2 unspecified atom stereocenters. The fraction of sp³-hybridized carbons (Fsp3) is 1.00. The van der Waals surface area contributed by atoms with Crippen LogP contribution in [0.3, 0.4) is 0 Å². The predicted molar refractivity (Wildman–Crippen MR) is 71.8 cm³/mol. The van der Waals surface area contributed by atoms with Crippen LogP contribution in [0.5, 0.6) is 0 Å². The Hall–Kier alpha value is -0.0800. The van der Waals surface area contributed by atoms with Gasteiger partial charge in [0.15, 0.2) is 0 Å². The van der Waals surface area contributed by atoms with Gasteiger partial charge in [-0.3, -0.25) is 4.90 Å². The maximum absolute atomic E-state index is 3.76. The largest absolute Gasteiger partial charge is 0.312 e. The minimum atomic E-state index is 0.695. The van der Waals surface area contributed by atoms with Crippen LogP contribution < -0.4 is 5.32 Å². The first-order valence-corrected chi connectivity index (χ1v) is 7.16. The third-order valence-corrected chi connectivity index (χ3v) is 4.02. The summed E-state index contributed by atoms with van der Waals surface area (Å²) in [5, 5.41) is 3.76. The molecule has 0 spiro atoms. The number of rotatable bonds is 6. The van der Waals surface area contributed by atoms with Crippen LogP contribution in [0.4, 0.5) is 0 Å². The molecule has 2 atom stereocenters. The van der Waals surface area contributed by atoms with Gasteiger partial charge in [0.2, 0.25) is 0 Å². The van der Waals surface area contributed by atoms with Crippen LogP contribution in [0.25, 0.3) is 0 Å². The van der Waals surface area contributed by atoms with E-state index in [1.807, 2.05) is 0 Å². The number of nitrogens with zero attached hydrogens (tertiary/aromatic N) is 1. The minimum Gasteiger partial charge on any atom is -0.312 e. The SMILES string of the molecule is CCC(NCC1CCCCN1CC)C(C)C. The highest BCUT2D eigenvalue weighted by Gasteiger charge is 2.21. The summed E-state index contributed by atoms with van der Waals surface area (Å²) in [5.41, 5.74) is 0. The molecule has 0 radical (unpaired) electrons. The predicted octanol–water partition coefficient (Wildman–Crippen LogP) is 2.89. The van der Waals surface area contributed by atoms with E-state index in [1.54, 1.807) is 0 Å². The molecule has 0 aromatic heterocycles. The Morgan fingerprint density at radius 2 is 2.00 bits per heavy atom. The van der Waals surface area contributed by atoms with Crippen molar-refractivity contribution in [3.05, 3.63) is 0 Å². The van der Waals surface area contributed by atoms with Gasteiger partial charge in [-0.25, -0.2) is 0 Å². The van der Waals surface area contributed by atoms with Gasteiger partial charge in [-0.1, -0.05) is 34.1 Å². The summed E-state index contributed by atoms with van der Waals surface area (Å²) < 4.78 is 0. The molecule has 1 aliphatic rings. The lowest BCUT2D eigenvalue weighted by Crippen LogP contribution is -2.48. The maximum atomic E-state index is 3.76. The van der Waals surface area contributed by atoms with Crippen molar-refractivity contribution in [1.29, 1.82) is 0 Å². The summed E-state index contributed by atoms with van der Waals surface area (Å²) in [6.07, 6.45) is 5.44. The fourth-order valence-corrected chi connectivity index (χ4v) is 2.85. The average molecular weight is 226 g/mol. The molecule has 1 fully saturated rings. The van der Waals surface area contributed by atoms with Crippen molar-refractivity contribution < 1.29 is 0 Å². The Bertz CT molecular complexity index is 180. The van der Waals surface area contributed by atoms with Crippen molar-refractivity contribution in [2.45, 2.75) is 65.5 Å². The van der Waals surface area contributed by atoms with E-state index in [0.717, 1.165) is 12.0 Å². The first-order valence-electron chi connectivity index (χ1n) is 7.16. The van der Waals surface area contributed by atoms with Crippen LogP contribution in [0.2, 0.25) is 0 Å². The van der Waals surface area contributed by atoms with Crippen molar-refractivity contribution in [2.75, 3.05) is 19.6 Å². The molecule has 2 nitrogen and oxygen atoms in total. The third kappa shape index (κ3) is 4.06. The van der Waals surface area contributed by atoms with Crippen LogP contribution in [0, 0.1) is 5.92 Å². The van der Waals surface area contributed by atoms with Gasteiger partial charge in [-0.05, 0) is 38.3 Å². The van der Waals surface area contributed by atoms with E-state index in [0.29, 0.717) is 6.04 Å². The number of piperidine rings is 1. The molecule has 1 saturated heterocycles. The molecular weight excluding hydrogens is 196 g/mol. The molecule has 0 aromatic carbocycles. The van der Waals surface area contributed by atoms with Crippen LogP contribution in [-0.2, 0) is 0 Å². The molecule has 0 bridgehead atoms. The van der Waals surface area contributed by atoms with Crippen molar-refractivity contribution in [3.63, 3.8) is 0 Å². The number of nitrogens with one attached hydrogen (secondary N) is 1.